The SMILES string of the molecule is C#CC1(Cl)[C@@H](O)[C@@H](CO[P@](=O)(Oc2ccccc2)O[C@@H](C)C(=O)OC(C)C)O[C@H]1n1cnc(N)nc1=O. The topological polar surface area (TPSA) is 174 Å². The standard InChI is InChI=1S/C22H26ClN4O9P/c1-5-22(23)17(28)16(34-19(22)27-12-25-20(24)26-21(27)30)11-32-37(31,36-15-9-7-6-8-10-15)35-14(4)18(29)33-13(2)3/h1,6-10,12-14,16-17,19,28H,11H2,2-4H3,(H2,24,26,30)/t14-,16+,17-,19+,22?,37-/m0/s1. The van der Waals surface area contributed by atoms with Crippen LogP contribution in [0.25, 0.3) is 0 Å². The van der Waals surface area contributed by atoms with E-state index < -0.39 is 61.6 Å². The van der Waals surface area contributed by atoms with Crippen LogP contribution in [0.3, 0.4) is 0 Å². The number of nitrogens with two attached hydrogens (primary N) is 1. The predicted molar refractivity (Wildman–Crippen MR) is 130 cm³/mol. The van der Waals surface area contributed by atoms with Gasteiger partial charge in [0.2, 0.25) is 5.95 Å². The second-order valence-corrected chi connectivity index (χ2v) is 10.3. The van der Waals surface area contributed by atoms with Crippen LogP contribution in [-0.2, 0) is 27.9 Å². The molecular weight excluding hydrogens is 531 g/mol. The van der Waals surface area contributed by atoms with Gasteiger partial charge in [-0.05, 0) is 32.9 Å². The number of benzene rings is 1. The van der Waals surface area contributed by atoms with Crippen molar-refractivity contribution in [2.45, 2.75) is 56.3 Å². The number of phosphoric acid groups is 1. The molecule has 0 saturated carbocycles. The summed E-state index contributed by atoms with van der Waals surface area (Å²) in [6.45, 7) is 3.95. The molecule has 2 heterocycles. The van der Waals surface area contributed by atoms with E-state index in [9.17, 15) is 19.3 Å². The molecule has 1 aliphatic rings. The molecule has 1 saturated heterocycles. The first kappa shape index (κ1) is 28.6. The summed E-state index contributed by atoms with van der Waals surface area (Å²) in [5.41, 5.74) is 4.53. The highest BCUT2D eigenvalue weighted by molar-refractivity contribution is 7.49. The van der Waals surface area contributed by atoms with Gasteiger partial charge < -0.3 is 24.8 Å². The van der Waals surface area contributed by atoms with Crippen molar-refractivity contribution >= 4 is 31.3 Å². The number of anilines is 1. The van der Waals surface area contributed by atoms with E-state index in [1.54, 1.807) is 32.0 Å². The number of phosphoric ester groups is 1. The molecule has 0 radical (unpaired) electrons. The Bertz CT molecular complexity index is 1250. The molecule has 1 fully saturated rings. The first-order valence-electron chi connectivity index (χ1n) is 11.0. The van der Waals surface area contributed by atoms with Gasteiger partial charge in [-0.3, -0.25) is 13.6 Å². The highest BCUT2D eigenvalue weighted by Crippen LogP contribution is 2.52. The van der Waals surface area contributed by atoms with E-state index in [4.69, 9.17) is 46.8 Å². The summed E-state index contributed by atoms with van der Waals surface area (Å²) >= 11 is 6.46. The minimum Gasteiger partial charge on any atom is -0.461 e. The fourth-order valence-electron chi connectivity index (χ4n) is 3.25. The summed E-state index contributed by atoms with van der Waals surface area (Å²) in [6.07, 6.45) is 0.382. The first-order chi connectivity index (χ1) is 17.4. The zero-order valence-corrected chi connectivity index (χ0v) is 21.7. The van der Waals surface area contributed by atoms with Gasteiger partial charge in [-0.2, -0.15) is 4.98 Å². The molecule has 15 heteroatoms. The number of carbonyl (C=O) groups excluding carboxylic acids is 1. The number of aliphatic hydroxyl groups excluding tert-OH is 1. The van der Waals surface area contributed by atoms with Crippen LogP contribution in [0, 0.1) is 12.3 Å². The molecule has 0 bridgehead atoms. The van der Waals surface area contributed by atoms with Gasteiger partial charge in [0, 0.05) is 0 Å². The maximum atomic E-state index is 13.5. The molecule has 0 aliphatic carbocycles. The van der Waals surface area contributed by atoms with Crippen molar-refractivity contribution in [3.8, 4) is 18.1 Å². The molecule has 1 aromatic carbocycles. The smallest absolute Gasteiger partial charge is 0.461 e. The Morgan fingerprint density at radius 2 is 2.05 bits per heavy atom. The number of esters is 1. The van der Waals surface area contributed by atoms with Gasteiger partial charge in [-0.1, -0.05) is 35.7 Å². The van der Waals surface area contributed by atoms with E-state index in [1.165, 1.54) is 19.1 Å². The van der Waals surface area contributed by atoms with Crippen LogP contribution in [0.1, 0.15) is 27.0 Å². The van der Waals surface area contributed by atoms with Crippen LogP contribution in [0.15, 0.2) is 41.5 Å². The number of halogens is 1. The third-order valence-corrected chi connectivity index (χ3v) is 6.99. The highest BCUT2D eigenvalue weighted by Gasteiger charge is 2.56. The number of ether oxygens (including phenoxy) is 2. The van der Waals surface area contributed by atoms with Gasteiger partial charge in [-0.25, -0.2) is 19.1 Å². The van der Waals surface area contributed by atoms with Gasteiger partial charge in [0.1, 0.15) is 24.3 Å². The predicted octanol–water partition coefficient (Wildman–Crippen LogP) is 1.65. The number of hydrogen-bond donors (Lipinski definition) is 2. The molecule has 2 aromatic rings. The monoisotopic (exact) mass is 556 g/mol. The Kier molecular flexibility index (Phi) is 8.96. The van der Waals surface area contributed by atoms with Crippen LogP contribution < -0.4 is 15.9 Å². The van der Waals surface area contributed by atoms with E-state index in [-0.39, 0.29) is 11.7 Å². The fourth-order valence-corrected chi connectivity index (χ4v) is 4.88. The van der Waals surface area contributed by atoms with E-state index >= 15 is 0 Å². The average Bonchev–Trinajstić information content (AvgIpc) is 3.08. The van der Waals surface area contributed by atoms with Crippen LogP contribution in [0.5, 0.6) is 5.75 Å². The minimum absolute atomic E-state index is 0.113. The Balaban J connectivity index is 1.83. The van der Waals surface area contributed by atoms with Crippen molar-refractivity contribution in [2.75, 3.05) is 12.3 Å². The minimum atomic E-state index is -4.53. The number of terminal acetylenes is 1. The number of nitrogens with zero attached hydrogens (tertiary/aromatic N) is 3. The molecule has 3 rings (SSSR count). The lowest BCUT2D eigenvalue weighted by molar-refractivity contribution is -0.156. The van der Waals surface area contributed by atoms with Gasteiger partial charge in [0.15, 0.2) is 17.2 Å². The third kappa shape index (κ3) is 6.67. The van der Waals surface area contributed by atoms with E-state index in [0.717, 1.165) is 10.9 Å². The zero-order valence-electron chi connectivity index (χ0n) is 20.1. The molecule has 13 nitrogen and oxygen atoms in total. The lowest BCUT2D eigenvalue weighted by Crippen LogP contribution is -2.43. The quantitative estimate of drug-likeness (QED) is 0.188. The molecule has 3 N–H and O–H groups in total. The number of para-hydroxylation sites is 1. The van der Waals surface area contributed by atoms with E-state index in [1.807, 2.05) is 0 Å². The van der Waals surface area contributed by atoms with Crippen LogP contribution >= 0.6 is 19.4 Å². The summed E-state index contributed by atoms with van der Waals surface area (Å²) in [5.74, 6) is 1.23. The molecule has 200 valence electrons. The van der Waals surface area contributed by atoms with Crippen molar-refractivity contribution in [2.24, 2.45) is 0 Å². The van der Waals surface area contributed by atoms with Crippen molar-refractivity contribution < 1.29 is 37.5 Å². The molecular formula is C22H26ClN4O9P. The van der Waals surface area contributed by atoms with Crippen LogP contribution in [0.4, 0.5) is 5.95 Å². The number of carbonyl (C=O) groups is 1. The van der Waals surface area contributed by atoms with Crippen LogP contribution in [-0.4, -0.2) is 61.5 Å². The second kappa shape index (κ2) is 11.6. The Morgan fingerprint density at radius 1 is 1.38 bits per heavy atom. The van der Waals surface area contributed by atoms with E-state index in [2.05, 4.69) is 15.9 Å². The number of alkyl halides is 1. The van der Waals surface area contributed by atoms with Gasteiger partial charge in [-0.15, -0.1) is 6.42 Å². The number of nitrogen functional groups attached to an aromatic ring is 1. The average molecular weight is 557 g/mol. The zero-order chi connectivity index (χ0) is 27.4. The highest BCUT2D eigenvalue weighted by atomic mass is 35.5. The van der Waals surface area contributed by atoms with Gasteiger partial charge in [0.05, 0.1) is 12.7 Å². The lowest BCUT2D eigenvalue weighted by atomic mass is 10.00. The number of rotatable bonds is 10. The summed E-state index contributed by atoms with van der Waals surface area (Å²) in [7, 11) is -4.53. The Morgan fingerprint density at radius 3 is 2.65 bits per heavy atom. The third-order valence-electron chi connectivity index (χ3n) is 4.99. The number of hydrogen-bond acceptors (Lipinski definition) is 12. The Labute approximate surface area is 217 Å². The van der Waals surface area contributed by atoms with Gasteiger partial charge >= 0.3 is 19.5 Å². The molecule has 37 heavy (non-hydrogen) atoms. The normalized spacial score (nSPS) is 25.7. The molecule has 0 spiro atoms. The Hall–Kier alpha value is -2.98. The summed E-state index contributed by atoms with van der Waals surface area (Å²) in [4.78, 5) is 29.8. The molecule has 1 aliphatic heterocycles. The van der Waals surface area contributed by atoms with Crippen molar-refractivity contribution in [1.29, 1.82) is 0 Å². The molecule has 1 aromatic heterocycles. The van der Waals surface area contributed by atoms with Gasteiger partial charge in [0.25, 0.3) is 0 Å². The summed E-state index contributed by atoms with van der Waals surface area (Å²) in [5, 5.41) is 10.8. The summed E-state index contributed by atoms with van der Waals surface area (Å²) < 4.78 is 41.4. The molecule has 0 amide bonds. The van der Waals surface area contributed by atoms with Crippen molar-refractivity contribution in [3.05, 3.63) is 47.1 Å². The second-order valence-electron chi connectivity index (χ2n) is 8.17. The number of aliphatic hydroxyl groups is 1. The van der Waals surface area contributed by atoms with Crippen molar-refractivity contribution in [3.63, 3.8) is 0 Å². The number of aromatic nitrogens is 3. The largest absolute Gasteiger partial charge is 0.530 e. The lowest BCUT2D eigenvalue weighted by Gasteiger charge is -2.25. The first-order valence-corrected chi connectivity index (χ1v) is 12.8. The molecule has 1 unspecified atom stereocenters. The maximum Gasteiger partial charge on any atom is 0.530 e. The van der Waals surface area contributed by atoms with Crippen molar-refractivity contribution in [1.82, 2.24) is 14.5 Å². The fraction of sp³-hybridized carbons (Fsp3) is 0.455. The maximum absolute atomic E-state index is 13.5. The molecule has 6 atom stereocenters. The summed E-state index contributed by atoms with van der Waals surface area (Å²) in [6, 6.07) is 7.91. The van der Waals surface area contributed by atoms with E-state index in [0.29, 0.717) is 0 Å². The van der Waals surface area contributed by atoms with Crippen LogP contribution in [0.2, 0.25) is 0 Å².